The van der Waals surface area contributed by atoms with Crippen LogP contribution in [0.4, 0.5) is 4.39 Å². The van der Waals surface area contributed by atoms with Crippen molar-refractivity contribution in [1.82, 2.24) is 10.2 Å². The largest absolute Gasteiger partial charge is 0.496 e. The fourth-order valence-corrected chi connectivity index (χ4v) is 2.62. The van der Waals surface area contributed by atoms with Crippen molar-refractivity contribution in [2.75, 3.05) is 26.7 Å². The minimum atomic E-state index is -0.526. The minimum Gasteiger partial charge on any atom is -0.496 e. The number of hydrogen-bond donors (Lipinski definition) is 1. The lowest BCUT2D eigenvalue weighted by Crippen LogP contribution is -2.42. The summed E-state index contributed by atoms with van der Waals surface area (Å²) in [5.41, 5.74) is 0.0374. The van der Waals surface area contributed by atoms with E-state index in [-0.39, 0.29) is 17.5 Å². The molecule has 1 aromatic carbocycles. The van der Waals surface area contributed by atoms with Gasteiger partial charge in [0.05, 0.1) is 7.11 Å². The van der Waals surface area contributed by atoms with Crippen molar-refractivity contribution in [2.45, 2.75) is 25.8 Å². The second-order valence-electron chi connectivity index (χ2n) is 4.96. The summed E-state index contributed by atoms with van der Waals surface area (Å²) in [5.74, 6) is -0.515. The fraction of sp³-hybridized carbons (Fsp3) is 0.533. The van der Waals surface area contributed by atoms with E-state index in [1.807, 2.05) is 6.92 Å². The quantitative estimate of drug-likeness (QED) is 0.897. The van der Waals surface area contributed by atoms with Gasteiger partial charge in [0, 0.05) is 19.1 Å². The third kappa shape index (κ3) is 2.93. The summed E-state index contributed by atoms with van der Waals surface area (Å²) in [6.07, 6.45) is 1.75. The van der Waals surface area contributed by atoms with Gasteiger partial charge >= 0.3 is 0 Å². The van der Waals surface area contributed by atoms with Crippen molar-refractivity contribution >= 4 is 5.91 Å². The number of methoxy groups -OCH3 is 1. The number of hydrogen-bond acceptors (Lipinski definition) is 3. The molecule has 1 saturated heterocycles. The van der Waals surface area contributed by atoms with Crippen LogP contribution >= 0.6 is 0 Å². The maximum atomic E-state index is 14.0. The number of amides is 1. The fourth-order valence-electron chi connectivity index (χ4n) is 2.62. The highest BCUT2D eigenvalue weighted by molar-refractivity contribution is 5.97. The topological polar surface area (TPSA) is 41.6 Å². The highest BCUT2D eigenvalue weighted by Gasteiger charge is 2.30. The van der Waals surface area contributed by atoms with Crippen LogP contribution in [0.3, 0.4) is 0 Å². The lowest BCUT2D eigenvalue weighted by Gasteiger charge is -2.29. The first kappa shape index (κ1) is 14.8. The molecule has 1 fully saturated rings. The Labute approximate surface area is 118 Å². The number of ether oxygens (including phenoxy) is 1. The molecule has 1 aromatic rings. The highest BCUT2D eigenvalue weighted by Crippen LogP contribution is 2.24. The molecule has 2 rings (SSSR count). The monoisotopic (exact) mass is 280 g/mol. The van der Waals surface area contributed by atoms with E-state index in [4.69, 9.17) is 4.74 Å². The molecule has 1 aliphatic heterocycles. The molecule has 0 spiro atoms. The van der Waals surface area contributed by atoms with E-state index >= 15 is 0 Å². The molecule has 110 valence electrons. The van der Waals surface area contributed by atoms with Crippen molar-refractivity contribution in [3.05, 3.63) is 29.6 Å². The van der Waals surface area contributed by atoms with Gasteiger partial charge in [0.1, 0.15) is 17.1 Å². The van der Waals surface area contributed by atoms with E-state index in [1.165, 1.54) is 13.2 Å². The van der Waals surface area contributed by atoms with Crippen LogP contribution in [-0.4, -0.2) is 43.6 Å². The Bertz CT molecular complexity index is 473. The van der Waals surface area contributed by atoms with Gasteiger partial charge < -0.3 is 15.0 Å². The molecular formula is C15H21FN2O2. The number of carbonyl (C=O) groups excluding carboxylic acids is 1. The SMILES string of the molecule is CCCN(C(=O)c1c(F)cccc1OC)C1CCNC1. The standard InChI is InChI=1S/C15H21FN2O2/c1-3-9-18(11-7-8-17-10-11)15(19)14-12(16)5-4-6-13(14)20-2/h4-6,11,17H,3,7-10H2,1-2H3. The number of benzene rings is 1. The zero-order valence-electron chi connectivity index (χ0n) is 12.0. The van der Waals surface area contributed by atoms with Crippen molar-refractivity contribution < 1.29 is 13.9 Å². The van der Waals surface area contributed by atoms with Gasteiger partial charge in [-0.3, -0.25) is 4.79 Å². The second kappa shape index (κ2) is 6.70. The van der Waals surface area contributed by atoms with Crippen molar-refractivity contribution in [1.29, 1.82) is 0 Å². The normalized spacial score (nSPS) is 18.1. The zero-order valence-corrected chi connectivity index (χ0v) is 12.0. The Balaban J connectivity index is 2.31. The Morgan fingerprint density at radius 2 is 2.35 bits per heavy atom. The van der Waals surface area contributed by atoms with Crippen LogP contribution in [0.25, 0.3) is 0 Å². The summed E-state index contributed by atoms with van der Waals surface area (Å²) in [6.45, 7) is 4.30. The summed E-state index contributed by atoms with van der Waals surface area (Å²) in [6, 6.07) is 4.60. The molecule has 0 aromatic heterocycles. The molecule has 0 aliphatic carbocycles. The molecule has 20 heavy (non-hydrogen) atoms. The van der Waals surface area contributed by atoms with Gasteiger partial charge in [0.25, 0.3) is 5.91 Å². The smallest absolute Gasteiger partial charge is 0.260 e. The zero-order chi connectivity index (χ0) is 14.5. The molecule has 5 heteroatoms. The van der Waals surface area contributed by atoms with Gasteiger partial charge in [-0.1, -0.05) is 13.0 Å². The average molecular weight is 280 g/mol. The third-order valence-corrected chi connectivity index (χ3v) is 3.61. The predicted molar refractivity (Wildman–Crippen MR) is 75.6 cm³/mol. The van der Waals surface area contributed by atoms with E-state index < -0.39 is 5.82 Å². The number of nitrogens with one attached hydrogen (secondary N) is 1. The van der Waals surface area contributed by atoms with Gasteiger partial charge in [-0.15, -0.1) is 0 Å². The molecule has 4 nitrogen and oxygen atoms in total. The van der Waals surface area contributed by atoms with Crippen LogP contribution in [0, 0.1) is 5.82 Å². The van der Waals surface area contributed by atoms with Crippen LogP contribution in [-0.2, 0) is 0 Å². The molecule has 1 N–H and O–H groups in total. The Hall–Kier alpha value is -1.62. The third-order valence-electron chi connectivity index (χ3n) is 3.61. The molecule has 1 unspecified atom stereocenters. The Morgan fingerprint density at radius 3 is 2.95 bits per heavy atom. The minimum absolute atomic E-state index is 0.0374. The average Bonchev–Trinajstić information content (AvgIpc) is 2.97. The first-order chi connectivity index (χ1) is 9.69. The highest BCUT2D eigenvalue weighted by atomic mass is 19.1. The Morgan fingerprint density at radius 1 is 1.55 bits per heavy atom. The van der Waals surface area contributed by atoms with E-state index in [2.05, 4.69) is 5.32 Å². The van der Waals surface area contributed by atoms with Crippen molar-refractivity contribution in [3.8, 4) is 5.75 Å². The molecule has 1 amide bonds. The van der Waals surface area contributed by atoms with E-state index in [1.54, 1.807) is 17.0 Å². The van der Waals surface area contributed by atoms with E-state index in [0.29, 0.717) is 12.3 Å². The van der Waals surface area contributed by atoms with Crippen LogP contribution < -0.4 is 10.1 Å². The van der Waals surface area contributed by atoms with Crippen LogP contribution in [0.2, 0.25) is 0 Å². The molecule has 1 aliphatic rings. The van der Waals surface area contributed by atoms with Crippen molar-refractivity contribution in [3.63, 3.8) is 0 Å². The molecular weight excluding hydrogens is 259 g/mol. The molecule has 0 radical (unpaired) electrons. The van der Waals surface area contributed by atoms with Gasteiger partial charge in [0.2, 0.25) is 0 Å². The lowest BCUT2D eigenvalue weighted by molar-refractivity contribution is 0.0683. The van der Waals surface area contributed by atoms with Crippen LogP contribution in [0.1, 0.15) is 30.1 Å². The van der Waals surface area contributed by atoms with Crippen LogP contribution in [0.5, 0.6) is 5.75 Å². The van der Waals surface area contributed by atoms with Gasteiger partial charge in [-0.2, -0.15) is 0 Å². The number of carbonyl (C=O) groups is 1. The number of halogens is 1. The summed E-state index contributed by atoms with van der Waals surface area (Å²) >= 11 is 0. The summed E-state index contributed by atoms with van der Waals surface area (Å²) < 4.78 is 19.2. The summed E-state index contributed by atoms with van der Waals surface area (Å²) in [7, 11) is 1.45. The summed E-state index contributed by atoms with van der Waals surface area (Å²) in [4.78, 5) is 14.5. The Kier molecular flexibility index (Phi) is 4.95. The maximum Gasteiger partial charge on any atom is 0.260 e. The van der Waals surface area contributed by atoms with Gasteiger partial charge in [-0.05, 0) is 31.5 Å². The molecule has 0 saturated carbocycles. The maximum absolute atomic E-state index is 14.0. The molecule has 1 heterocycles. The lowest BCUT2D eigenvalue weighted by atomic mass is 10.1. The summed E-state index contributed by atoms with van der Waals surface area (Å²) in [5, 5.41) is 3.24. The van der Waals surface area contributed by atoms with E-state index in [9.17, 15) is 9.18 Å². The van der Waals surface area contributed by atoms with Gasteiger partial charge in [-0.25, -0.2) is 4.39 Å². The predicted octanol–water partition coefficient (Wildman–Crippen LogP) is 2.05. The number of nitrogens with zero attached hydrogens (tertiary/aromatic N) is 1. The molecule has 0 bridgehead atoms. The van der Waals surface area contributed by atoms with Crippen LogP contribution in [0.15, 0.2) is 18.2 Å². The van der Waals surface area contributed by atoms with Crippen molar-refractivity contribution in [2.24, 2.45) is 0 Å². The van der Waals surface area contributed by atoms with E-state index in [0.717, 1.165) is 25.9 Å². The second-order valence-corrected chi connectivity index (χ2v) is 4.96. The number of rotatable bonds is 5. The van der Waals surface area contributed by atoms with Gasteiger partial charge in [0.15, 0.2) is 0 Å². The molecule has 1 atom stereocenters. The first-order valence-electron chi connectivity index (χ1n) is 7.03. The first-order valence-corrected chi connectivity index (χ1v) is 7.03.